The Morgan fingerprint density at radius 3 is 1.96 bits per heavy atom. The third-order valence-corrected chi connectivity index (χ3v) is 5.63. The highest BCUT2D eigenvalue weighted by Gasteiger charge is 2.27. The van der Waals surface area contributed by atoms with Crippen LogP contribution in [0.4, 0.5) is 0 Å². The molecular formula is C20H29NO4S. The second-order valence-electron chi connectivity index (χ2n) is 8.40. The van der Waals surface area contributed by atoms with Gasteiger partial charge in [-0.2, -0.15) is 5.26 Å². The number of phenols is 1. The van der Waals surface area contributed by atoms with Crippen molar-refractivity contribution in [2.75, 3.05) is 19.5 Å². The molecule has 144 valence electrons. The predicted molar refractivity (Wildman–Crippen MR) is 105 cm³/mol. The van der Waals surface area contributed by atoms with Gasteiger partial charge in [0.1, 0.15) is 16.7 Å². The Kier molecular flexibility index (Phi) is 6.67. The number of methoxy groups -OCH3 is 1. The van der Waals surface area contributed by atoms with Crippen LogP contribution in [0.5, 0.6) is 5.75 Å². The molecule has 6 heteroatoms. The first-order valence-corrected chi connectivity index (χ1v) is 10.1. The van der Waals surface area contributed by atoms with Crippen molar-refractivity contribution in [3.8, 4) is 11.8 Å². The largest absolute Gasteiger partial charge is 0.507 e. The van der Waals surface area contributed by atoms with Gasteiger partial charge in [0.15, 0.2) is 9.84 Å². The monoisotopic (exact) mass is 379 g/mol. The lowest BCUT2D eigenvalue weighted by atomic mass is 9.78. The van der Waals surface area contributed by atoms with Crippen LogP contribution in [0.15, 0.2) is 17.0 Å². The summed E-state index contributed by atoms with van der Waals surface area (Å²) in [6.45, 7) is 11.9. The lowest BCUT2D eigenvalue weighted by Crippen LogP contribution is -2.17. The van der Waals surface area contributed by atoms with Gasteiger partial charge in [-0.25, -0.2) is 8.42 Å². The number of benzene rings is 1. The molecule has 0 aliphatic heterocycles. The van der Waals surface area contributed by atoms with Crippen molar-refractivity contribution in [3.63, 3.8) is 0 Å². The fraction of sp³-hybridized carbons (Fsp3) is 0.550. The first-order valence-electron chi connectivity index (χ1n) is 8.45. The number of ether oxygens (including phenoxy) is 1. The Bertz CT molecular complexity index is 797. The summed E-state index contributed by atoms with van der Waals surface area (Å²) in [6, 6.07) is 5.27. The summed E-state index contributed by atoms with van der Waals surface area (Å²) in [5.41, 5.74) is 1.33. The van der Waals surface area contributed by atoms with Crippen LogP contribution in [0.2, 0.25) is 0 Å². The summed E-state index contributed by atoms with van der Waals surface area (Å²) < 4.78 is 29.5. The lowest BCUT2D eigenvalue weighted by molar-refractivity contribution is 0.217. The molecule has 1 rings (SSSR count). The molecule has 1 aromatic carbocycles. The normalized spacial score (nSPS) is 13.5. The second-order valence-corrected chi connectivity index (χ2v) is 10.5. The first kappa shape index (κ1) is 22.2. The van der Waals surface area contributed by atoms with Crippen LogP contribution in [-0.4, -0.2) is 33.0 Å². The van der Waals surface area contributed by atoms with E-state index in [0.717, 1.165) is 0 Å². The maximum Gasteiger partial charge on any atom is 0.190 e. The predicted octanol–water partition coefficient (Wildman–Crippen LogP) is 3.91. The number of rotatable bonds is 5. The van der Waals surface area contributed by atoms with E-state index in [1.54, 1.807) is 18.2 Å². The molecule has 0 saturated carbocycles. The smallest absolute Gasteiger partial charge is 0.190 e. The van der Waals surface area contributed by atoms with Crippen molar-refractivity contribution in [1.82, 2.24) is 0 Å². The van der Waals surface area contributed by atoms with Gasteiger partial charge < -0.3 is 9.84 Å². The van der Waals surface area contributed by atoms with Crippen LogP contribution < -0.4 is 0 Å². The second kappa shape index (κ2) is 7.81. The zero-order valence-corrected chi connectivity index (χ0v) is 17.5. The number of nitrogens with zero attached hydrogens (tertiary/aromatic N) is 1. The maximum atomic E-state index is 12.3. The van der Waals surface area contributed by atoms with Crippen LogP contribution in [0, 0.1) is 11.3 Å². The molecule has 0 atom stereocenters. The maximum absolute atomic E-state index is 12.3. The number of sulfone groups is 1. The SMILES string of the molecule is COCCS(=O)(=O)/C(C#N)=C/c1cc(C(C)(C)C)c(O)c(C(C)(C)C)c1. The lowest BCUT2D eigenvalue weighted by Gasteiger charge is -2.28. The van der Waals surface area contributed by atoms with Crippen LogP contribution in [-0.2, 0) is 25.4 Å². The number of nitriles is 1. The van der Waals surface area contributed by atoms with Gasteiger partial charge in [-0.05, 0) is 34.6 Å². The summed E-state index contributed by atoms with van der Waals surface area (Å²) in [7, 11) is -2.31. The number of hydrogen-bond acceptors (Lipinski definition) is 5. The highest BCUT2D eigenvalue weighted by molar-refractivity contribution is 7.95. The molecule has 0 amide bonds. The van der Waals surface area contributed by atoms with E-state index in [2.05, 4.69) is 0 Å². The third-order valence-electron chi connectivity index (χ3n) is 4.05. The van der Waals surface area contributed by atoms with Crippen LogP contribution in [0.3, 0.4) is 0 Å². The van der Waals surface area contributed by atoms with Crippen LogP contribution in [0.25, 0.3) is 6.08 Å². The topological polar surface area (TPSA) is 87.4 Å². The van der Waals surface area contributed by atoms with Crippen molar-refractivity contribution < 1.29 is 18.3 Å². The molecule has 1 N–H and O–H groups in total. The van der Waals surface area contributed by atoms with Crippen molar-refractivity contribution in [2.45, 2.75) is 52.4 Å². The summed E-state index contributed by atoms with van der Waals surface area (Å²) >= 11 is 0. The van der Waals surface area contributed by atoms with Gasteiger partial charge in [0.2, 0.25) is 0 Å². The van der Waals surface area contributed by atoms with E-state index in [1.165, 1.54) is 13.2 Å². The van der Waals surface area contributed by atoms with E-state index in [9.17, 15) is 18.8 Å². The summed E-state index contributed by atoms with van der Waals surface area (Å²) in [4.78, 5) is -0.306. The van der Waals surface area contributed by atoms with E-state index >= 15 is 0 Å². The van der Waals surface area contributed by atoms with Crippen molar-refractivity contribution in [1.29, 1.82) is 5.26 Å². The molecule has 0 spiro atoms. The van der Waals surface area contributed by atoms with E-state index < -0.39 is 9.84 Å². The summed E-state index contributed by atoms with van der Waals surface area (Å²) in [6.07, 6.45) is 1.37. The van der Waals surface area contributed by atoms with Crippen molar-refractivity contribution in [3.05, 3.63) is 33.7 Å². The quantitative estimate of drug-likeness (QED) is 0.784. The average Bonchev–Trinajstić information content (AvgIpc) is 2.49. The number of aromatic hydroxyl groups is 1. The molecule has 0 aliphatic carbocycles. The molecule has 0 aliphatic rings. The summed E-state index contributed by atoms with van der Waals surface area (Å²) in [5.74, 6) is -0.0397. The van der Waals surface area contributed by atoms with Crippen molar-refractivity contribution in [2.24, 2.45) is 0 Å². The Balaban J connectivity index is 3.65. The van der Waals surface area contributed by atoms with Gasteiger partial charge in [0, 0.05) is 18.2 Å². The fourth-order valence-corrected chi connectivity index (χ4v) is 3.59. The van der Waals surface area contributed by atoms with Gasteiger partial charge in [-0.1, -0.05) is 41.5 Å². The zero-order valence-electron chi connectivity index (χ0n) is 16.7. The molecule has 0 unspecified atom stereocenters. The van der Waals surface area contributed by atoms with E-state index in [0.29, 0.717) is 16.7 Å². The van der Waals surface area contributed by atoms with Crippen LogP contribution >= 0.6 is 0 Å². The highest BCUT2D eigenvalue weighted by atomic mass is 32.2. The molecule has 0 fully saturated rings. The summed E-state index contributed by atoms with van der Waals surface area (Å²) in [5, 5.41) is 20.1. The molecule has 0 radical (unpaired) electrons. The van der Waals surface area contributed by atoms with Gasteiger partial charge in [0.05, 0.1) is 12.4 Å². The third kappa shape index (κ3) is 5.33. The molecule has 5 nitrogen and oxygen atoms in total. The van der Waals surface area contributed by atoms with Gasteiger partial charge in [0.25, 0.3) is 0 Å². The van der Waals surface area contributed by atoms with Crippen molar-refractivity contribution >= 4 is 15.9 Å². The molecule has 0 saturated heterocycles. The van der Waals surface area contributed by atoms with Gasteiger partial charge >= 0.3 is 0 Å². The van der Waals surface area contributed by atoms with Gasteiger partial charge in [-0.3, -0.25) is 0 Å². The Morgan fingerprint density at radius 2 is 1.62 bits per heavy atom. The number of phenolic OH excluding ortho intramolecular Hbond substituents is 1. The standard InChI is InChI=1S/C20H29NO4S/c1-19(2,3)16-11-14(12-17(18(16)22)20(4,5)6)10-15(13-21)26(23,24)9-8-25-7/h10-12,22H,8-9H2,1-7H3/b15-10+. The molecule has 1 aromatic rings. The van der Waals surface area contributed by atoms with E-state index in [4.69, 9.17) is 4.74 Å². The highest BCUT2D eigenvalue weighted by Crippen LogP contribution is 2.40. The number of allylic oxidation sites excluding steroid dienone is 1. The molecule has 26 heavy (non-hydrogen) atoms. The van der Waals surface area contributed by atoms with E-state index in [1.807, 2.05) is 41.5 Å². The average molecular weight is 380 g/mol. The fourth-order valence-electron chi connectivity index (χ4n) is 2.53. The molecule has 0 heterocycles. The minimum absolute atomic E-state index is 0.0252. The Hall–Kier alpha value is -1.84. The molecule has 0 aromatic heterocycles. The minimum Gasteiger partial charge on any atom is -0.507 e. The van der Waals surface area contributed by atoms with E-state index in [-0.39, 0.29) is 33.8 Å². The first-order chi connectivity index (χ1) is 11.7. The Labute approximate surface area is 157 Å². The Morgan fingerprint density at radius 1 is 1.15 bits per heavy atom. The molecular weight excluding hydrogens is 350 g/mol. The minimum atomic E-state index is -3.73. The number of hydrogen-bond donors (Lipinski definition) is 1. The molecule has 0 bridgehead atoms. The zero-order chi connectivity index (χ0) is 20.3. The van der Waals surface area contributed by atoms with Crippen LogP contribution in [0.1, 0.15) is 58.2 Å². The van der Waals surface area contributed by atoms with Gasteiger partial charge in [-0.15, -0.1) is 0 Å².